The molecule has 0 fully saturated rings. The van der Waals surface area contributed by atoms with Crippen molar-refractivity contribution in [2.75, 3.05) is 6.54 Å². The number of hydrogen-bond donors (Lipinski definition) is 1. The third kappa shape index (κ3) is 2.22. The molecule has 1 amide bonds. The molecule has 0 radical (unpaired) electrons. The summed E-state index contributed by atoms with van der Waals surface area (Å²) in [6.07, 6.45) is 1.74. The Kier molecular flexibility index (Phi) is 3.49. The molecule has 1 aromatic carbocycles. The van der Waals surface area contributed by atoms with Crippen molar-refractivity contribution in [3.63, 3.8) is 0 Å². The lowest BCUT2D eigenvalue weighted by atomic mass is 9.77. The van der Waals surface area contributed by atoms with Crippen LogP contribution in [0, 0.1) is 0 Å². The molecule has 2 nitrogen and oxygen atoms in total. The summed E-state index contributed by atoms with van der Waals surface area (Å²) in [5.74, 6) is 0.148. The first kappa shape index (κ1) is 11.5. The van der Waals surface area contributed by atoms with Crippen LogP contribution in [0.5, 0.6) is 0 Å². The van der Waals surface area contributed by atoms with Crippen LogP contribution in [0.3, 0.4) is 0 Å². The van der Waals surface area contributed by atoms with Gasteiger partial charge in [-0.25, -0.2) is 0 Å². The maximum atomic E-state index is 11.8. The zero-order valence-corrected chi connectivity index (χ0v) is 10.1. The summed E-state index contributed by atoms with van der Waals surface area (Å²) in [5.41, 5.74) is 2.46. The normalized spacial score (nSPS) is 19.5. The molecule has 1 aromatic rings. The van der Waals surface area contributed by atoms with Gasteiger partial charge in [-0.05, 0) is 24.0 Å². The van der Waals surface area contributed by atoms with E-state index in [4.69, 9.17) is 11.6 Å². The zero-order valence-electron chi connectivity index (χ0n) is 9.37. The fourth-order valence-electron chi connectivity index (χ4n) is 1.97. The highest BCUT2D eigenvalue weighted by atomic mass is 35.5. The van der Waals surface area contributed by atoms with Crippen molar-refractivity contribution in [1.29, 1.82) is 0 Å². The number of amides is 1. The zero-order chi connectivity index (χ0) is 11.5. The fourth-order valence-corrected chi connectivity index (χ4v) is 2.05. The Hall–Kier alpha value is -1.02. The summed E-state index contributed by atoms with van der Waals surface area (Å²) < 4.78 is 0. The highest BCUT2D eigenvalue weighted by Gasteiger charge is 2.31. The van der Waals surface area contributed by atoms with E-state index in [0.717, 1.165) is 12.8 Å². The number of hydrogen-bond acceptors (Lipinski definition) is 1. The second-order valence-corrected chi connectivity index (χ2v) is 4.82. The van der Waals surface area contributed by atoms with Gasteiger partial charge in [-0.1, -0.05) is 31.2 Å². The van der Waals surface area contributed by atoms with Gasteiger partial charge >= 0.3 is 0 Å². The Morgan fingerprint density at radius 3 is 3.00 bits per heavy atom. The molecule has 0 bridgehead atoms. The van der Waals surface area contributed by atoms with E-state index in [0.29, 0.717) is 6.54 Å². The molecule has 1 aliphatic rings. The molecule has 0 spiro atoms. The van der Waals surface area contributed by atoms with Gasteiger partial charge in [0.15, 0.2) is 0 Å². The molecule has 86 valence electrons. The molecule has 0 saturated carbocycles. The number of rotatable bonds is 4. The summed E-state index contributed by atoms with van der Waals surface area (Å²) >= 11 is 5.96. The second-order valence-electron chi connectivity index (χ2n) is 4.21. The Morgan fingerprint density at radius 1 is 1.56 bits per heavy atom. The van der Waals surface area contributed by atoms with Crippen molar-refractivity contribution in [2.24, 2.45) is 0 Å². The molecule has 1 N–H and O–H groups in total. The van der Waals surface area contributed by atoms with Crippen LogP contribution < -0.4 is 5.32 Å². The molecular weight excluding hydrogens is 222 g/mol. The van der Waals surface area contributed by atoms with E-state index in [2.05, 4.69) is 11.4 Å². The van der Waals surface area contributed by atoms with Crippen LogP contribution >= 0.6 is 11.6 Å². The highest BCUT2D eigenvalue weighted by Crippen LogP contribution is 2.34. The average Bonchev–Trinajstić information content (AvgIpc) is 2.27. The first-order chi connectivity index (χ1) is 7.72. The van der Waals surface area contributed by atoms with E-state index in [9.17, 15) is 4.79 Å². The average molecular weight is 238 g/mol. The predicted octanol–water partition coefficient (Wildman–Crippen LogP) is 2.46. The maximum Gasteiger partial charge on any atom is 0.227 e. The molecule has 0 aromatic heterocycles. The molecule has 1 aliphatic carbocycles. The van der Waals surface area contributed by atoms with Crippen LogP contribution in [0.2, 0.25) is 0 Å². The van der Waals surface area contributed by atoms with Crippen LogP contribution in [0.1, 0.15) is 30.4 Å². The van der Waals surface area contributed by atoms with Crippen LogP contribution in [0.25, 0.3) is 0 Å². The molecule has 0 aliphatic heterocycles. The van der Waals surface area contributed by atoms with E-state index in [1.165, 1.54) is 11.1 Å². The molecule has 0 heterocycles. The van der Waals surface area contributed by atoms with Crippen molar-refractivity contribution < 1.29 is 4.79 Å². The minimum Gasteiger partial charge on any atom is -0.354 e. The van der Waals surface area contributed by atoms with E-state index in [1.54, 1.807) is 0 Å². The SMILES string of the molecule is CCC(Cl)CNC(=O)C1Cc2ccccc21. The lowest BCUT2D eigenvalue weighted by Crippen LogP contribution is -2.38. The first-order valence-corrected chi connectivity index (χ1v) is 6.15. The minimum absolute atomic E-state index is 0.0388. The smallest absolute Gasteiger partial charge is 0.227 e. The van der Waals surface area contributed by atoms with Gasteiger partial charge in [-0.2, -0.15) is 0 Å². The van der Waals surface area contributed by atoms with Gasteiger partial charge in [0.1, 0.15) is 0 Å². The van der Waals surface area contributed by atoms with E-state index in [1.807, 2.05) is 25.1 Å². The third-order valence-electron chi connectivity index (χ3n) is 3.11. The summed E-state index contributed by atoms with van der Waals surface area (Å²) in [6.45, 7) is 2.58. The quantitative estimate of drug-likeness (QED) is 0.801. The molecule has 2 atom stereocenters. The fraction of sp³-hybridized carbons (Fsp3) is 0.462. The first-order valence-electron chi connectivity index (χ1n) is 5.72. The highest BCUT2D eigenvalue weighted by molar-refractivity contribution is 6.20. The van der Waals surface area contributed by atoms with Crippen LogP contribution in [-0.2, 0) is 11.2 Å². The summed E-state index contributed by atoms with van der Waals surface area (Å²) in [7, 11) is 0. The summed E-state index contributed by atoms with van der Waals surface area (Å²) in [4.78, 5) is 11.8. The number of nitrogens with one attached hydrogen (secondary N) is 1. The lowest BCUT2D eigenvalue weighted by molar-refractivity contribution is -0.123. The molecule has 3 heteroatoms. The molecule has 2 unspecified atom stereocenters. The topological polar surface area (TPSA) is 29.1 Å². The minimum atomic E-state index is 0.0388. The molecular formula is C13H16ClNO. The van der Waals surface area contributed by atoms with Crippen molar-refractivity contribution in [3.8, 4) is 0 Å². The summed E-state index contributed by atoms with van der Waals surface area (Å²) in [6, 6.07) is 8.10. The van der Waals surface area contributed by atoms with Crippen molar-refractivity contribution in [3.05, 3.63) is 35.4 Å². The van der Waals surface area contributed by atoms with Gasteiger partial charge in [0, 0.05) is 6.54 Å². The number of carbonyl (C=O) groups excluding carboxylic acids is 1. The van der Waals surface area contributed by atoms with Crippen LogP contribution in [0.15, 0.2) is 24.3 Å². The number of halogens is 1. The van der Waals surface area contributed by atoms with Gasteiger partial charge < -0.3 is 5.32 Å². The van der Waals surface area contributed by atoms with Gasteiger partial charge in [-0.15, -0.1) is 11.6 Å². The number of carbonyl (C=O) groups is 1. The van der Waals surface area contributed by atoms with E-state index in [-0.39, 0.29) is 17.2 Å². The van der Waals surface area contributed by atoms with Crippen molar-refractivity contribution in [1.82, 2.24) is 5.32 Å². The molecule has 16 heavy (non-hydrogen) atoms. The number of benzene rings is 1. The van der Waals surface area contributed by atoms with Crippen molar-refractivity contribution >= 4 is 17.5 Å². The number of fused-ring (bicyclic) bond motifs is 1. The Labute approximate surface area is 101 Å². The predicted molar refractivity (Wildman–Crippen MR) is 65.8 cm³/mol. The Balaban J connectivity index is 1.90. The Morgan fingerprint density at radius 2 is 2.31 bits per heavy atom. The van der Waals surface area contributed by atoms with Gasteiger partial charge in [0.2, 0.25) is 5.91 Å². The van der Waals surface area contributed by atoms with Gasteiger partial charge in [0.05, 0.1) is 11.3 Å². The van der Waals surface area contributed by atoms with E-state index < -0.39 is 0 Å². The van der Waals surface area contributed by atoms with Crippen molar-refractivity contribution in [2.45, 2.75) is 31.1 Å². The summed E-state index contributed by atoms with van der Waals surface area (Å²) in [5, 5.41) is 2.95. The molecule has 0 saturated heterocycles. The lowest BCUT2D eigenvalue weighted by Gasteiger charge is -2.29. The maximum absolute atomic E-state index is 11.8. The van der Waals surface area contributed by atoms with Gasteiger partial charge in [0.25, 0.3) is 0 Å². The van der Waals surface area contributed by atoms with Crippen LogP contribution in [0.4, 0.5) is 0 Å². The van der Waals surface area contributed by atoms with Gasteiger partial charge in [-0.3, -0.25) is 4.79 Å². The monoisotopic (exact) mass is 237 g/mol. The Bertz CT molecular complexity index is 391. The second kappa shape index (κ2) is 4.88. The number of alkyl halides is 1. The standard InChI is InChI=1S/C13H16ClNO/c1-2-10(14)8-15-13(16)12-7-9-5-3-4-6-11(9)12/h3-6,10,12H,2,7-8H2,1H3,(H,15,16). The molecule has 2 rings (SSSR count). The van der Waals surface area contributed by atoms with E-state index >= 15 is 0 Å². The van der Waals surface area contributed by atoms with Crippen LogP contribution in [-0.4, -0.2) is 17.8 Å². The third-order valence-corrected chi connectivity index (χ3v) is 3.57. The largest absolute Gasteiger partial charge is 0.354 e.